The van der Waals surface area contributed by atoms with E-state index in [4.69, 9.17) is 5.73 Å². The highest BCUT2D eigenvalue weighted by Gasteiger charge is 2.19. The fourth-order valence-electron chi connectivity index (χ4n) is 2.49. The van der Waals surface area contributed by atoms with Crippen molar-refractivity contribution in [2.45, 2.75) is 26.7 Å². The number of imide groups is 1. The Balaban J connectivity index is 0.00000151. The standard InChI is InChI=1S/C15H21N5O2S.C2H6/c1-23-13(15(22)19-10-21)6-12-7-14(18-9-17-12)20-4-2-11(8-16)3-5-20;1-2/h6-7,9-11H,2-5,8,16H2,1H3,(H,19,21,22);1-2H3/b13-6-;. The molecule has 1 aliphatic heterocycles. The second-order valence-electron chi connectivity index (χ2n) is 5.27. The molecule has 0 atom stereocenters. The summed E-state index contributed by atoms with van der Waals surface area (Å²) in [6.07, 6.45) is 7.41. The number of thioether (sulfide) groups is 1. The molecule has 0 radical (unpaired) electrons. The zero-order valence-electron chi connectivity index (χ0n) is 15.1. The van der Waals surface area contributed by atoms with Crippen molar-refractivity contribution in [1.29, 1.82) is 0 Å². The predicted molar refractivity (Wildman–Crippen MR) is 103 cm³/mol. The molecule has 1 saturated heterocycles. The summed E-state index contributed by atoms with van der Waals surface area (Å²) in [6.45, 7) is 6.57. The fourth-order valence-corrected chi connectivity index (χ4v) is 2.97. The van der Waals surface area contributed by atoms with Gasteiger partial charge in [-0.1, -0.05) is 13.8 Å². The van der Waals surface area contributed by atoms with E-state index in [0.717, 1.165) is 38.3 Å². The van der Waals surface area contributed by atoms with E-state index < -0.39 is 5.91 Å². The average molecular weight is 366 g/mol. The van der Waals surface area contributed by atoms with Crippen molar-refractivity contribution in [3.8, 4) is 0 Å². The summed E-state index contributed by atoms with van der Waals surface area (Å²) >= 11 is 1.26. The highest BCUT2D eigenvalue weighted by Crippen LogP contribution is 2.22. The number of hydrogen-bond donors (Lipinski definition) is 2. The summed E-state index contributed by atoms with van der Waals surface area (Å²) in [5, 5.41) is 2.13. The van der Waals surface area contributed by atoms with E-state index in [0.29, 0.717) is 22.9 Å². The molecular weight excluding hydrogens is 338 g/mol. The molecule has 0 bridgehead atoms. The van der Waals surface area contributed by atoms with Crippen LogP contribution in [0.1, 0.15) is 32.4 Å². The lowest BCUT2D eigenvalue weighted by atomic mass is 9.97. The smallest absolute Gasteiger partial charge is 0.264 e. The van der Waals surface area contributed by atoms with Crippen LogP contribution in [0.3, 0.4) is 0 Å². The molecule has 1 aliphatic rings. The number of rotatable bonds is 6. The molecule has 3 N–H and O–H groups in total. The van der Waals surface area contributed by atoms with Crippen LogP contribution in [0.2, 0.25) is 0 Å². The van der Waals surface area contributed by atoms with Crippen molar-refractivity contribution in [3.63, 3.8) is 0 Å². The van der Waals surface area contributed by atoms with Crippen LogP contribution in [0.15, 0.2) is 17.3 Å². The Hall–Kier alpha value is -1.93. The normalized spacial score (nSPS) is 15.2. The van der Waals surface area contributed by atoms with E-state index in [1.165, 1.54) is 18.1 Å². The molecule has 1 fully saturated rings. The number of piperidine rings is 1. The van der Waals surface area contributed by atoms with Crippen molar-refractivity contribution in [3.05, 3.63) is 23.0 Å². The SMILES string of the molecule is CC.CS/C(=C\c1cc(N2CCC(CN)CC2)ncn1)C(=O)NC=O. The van der Waals surface area contributed by atoms with Crippen molar-refractivity contribution >= 4 is 36.0 Å². The van der Waals surface area contributed by atoms with Crippen LogP contribution in [0, 0.1) is 5.92 Å². The number of anilines is 1. The molecule has 2 rings (SSSR count). The van der Waals surface area contributed by atoms with Crippen molar-refractivity contribution < 1.29 is 9.59 Å². The van der Waals surface area contributed by atoms with E-state index in [1.807, 2.05) is 19.9 Å². The van der Waals surface area contributed by atoms with E-state index in [-0.39, 0.29) is 0 Å². The van der Waals surface area contributed by atoms with Gasteiger partial charge in [-0.2, -0.15) is 0 Å². The lowest BCUT2D eigenvalue weighted by molar-refractivity contribution is -0.121. The first kappa shape index (κ1) is 21.1. The Morgan fingerprint density at radius 1 is 1.40 bits per heavy atom. The first-order chi connectivity index (χ1) is 12.2. The van der Waals surface area contributed by atoms with Crippen molar-refractivity contribution in [2.75, 3.05) is 30.8 Å². The van der Waals surface area contributed by atoms with Gasteiger partial charge in [0.05, 0.1) is 10.6 Å². The molecule has 7 nitrogen and oxygen atoms in total. The number of carbonyl (C=O) groups excluding carboxylic acids is 2. The molecular formula is C17H27N5O2S. The van der Waals surface area contributed by atoms with Crippen LogP contribution in [-0.4, -0.2) is 48.2 Å². The molecule has 0 saturated carbocycles. The van der Waals surface area contributed by atoms with Gasteiger partial charge in [-0.3, -0.25) is 14.9 Å². The van der Waals surface area contributed by atoms with Crippen LogP contribution in [-0.2, 0) is 9.59 Å². The van der Waals surface area contributed by atoms with E-state index in [9.17, 15) is 9.59 Å². The van der Waals surface area contributed by atoms with E-state index in [1.54, 1.807) is 12.3 Å². The lowest BCUT2D eigenvalue weighted by Crippen LogP contribution is -2.36. The fraction of sp³-hybridized carbons (Fsp3) is 0.529. The number of aromatic nitrogens is 2. The monoisotopic (exact) mass is 365 g/mol. The van der Waals surface area contributed by atoms with Crippen molar-refractivity contribution in [2.24, 2.45) is 11.7 Å². The zero-order valence-corrected chi connectivity index (χ0v) is 15.9. The highest BCUT2D eigenvalue weighted by atomic mass is 32.2. The molecule has 0 aromatic carbocycles. The molecule has 0 unspecified atom stereocenters. The van der Waals surface area contributed by atoms with Gasteiger partial charge in [0.25, 0.3) is 5.91 Å². The van der Waals surface area contributed by atoms with Gasteiger partial charge in [-0.05, 0) is 37.6 Å². The van der Waals surface area contributed by atoms with Crippen LogP contribution in [0.25, 0.3) is 6.08 Å². The Morgan fingerprint density at radius 3 is 2.64 bits per heavy atom. The maximum absolute atomic E-state index is 11.7. The minimum atomic E-state index is -0.434. The number of nitrogens with one attached hydrogen (secondary N) is 1. The lowest BCUT2D eigenvalue weighted by Gasteiger charge is -2.32. The van der Waals surface area contributed by atoms with Crippen LogP contribution in [0.4, 0.5) is 5.82 Å². The Morgan fingerprint density at radius 2 is 2.08 bits per heavy atom. The third-order valence-electron chi connectivity index (χ3n) is 3.86. The topological polar surface area (TPSA) is 101 Å². The first-order valence-electron chi connectivity index (χ1n) is 8.45. The Bertz CT molecular complexity index is 586. The van der Waals surface area contributed by atoms with Crippen molar-refractivity contribution in [1.82, 2.24) is 15.3 Å². The predicted octanol–water partition coefficient (Wildman–Crippen LogP) is 1.65. The van der Waals surface area contributed by atoms with Gasteiger partial charge in [0, 0.05) is 19.2 Å². The number of carbonyl (C=O) groups is 2. The molecule has 25 heavy (non-hydrogen) atoms. The molecule has 0 spiro atoms. The van der Waals surface area contributed by atoms with Gasteiger partial charge < -0.3 is 10.6 Å². The van der Waals surface area contributed by atoms with Gasteiger partial charge in [0.1, 0.15) is 12.1 Å². The minimum Gasteiger partial charge on any atom is -0.356 e. The van der Waals surface area contributed by atoms with Gasteiger partial charge in [-0.25, -0.2) is 9.97 Å². The molecule has 1 aromatic heterocycles. The summed E-state index contributed by atoms with van der Waals surface area (Å²) in [5.74, 6) is 0.997. The van der Waals surface area contributed by atoms with Crippen LogP contribution >= 0.6 is 11.8 Å². The molecule has 2 amide bonds. The van der Waals surface area contributed by atoms with Gasteiger partial charge in [0.2, 0.25) is 6.41 Å². The largest absolute Gasteiger partial charge is 0.356 e. The van der Waals surface area contributed by atoms with Crippen LogP contribution < -0.4 is 16.0 Å². The molecule has 1 aromatic rings. The Kier molecular flexibility index (Phi) is 9.79. The summed E-state index contributed by atoms with van der Waals surface area (Å²) in [7, 11) is 0. The third-order valence-corrected chi connectivity index (χ3v) is 4.60. The number of nitrogens with two attached hydrogens (primary N) is 1. The molecule has 0 aliphatic carbocycles. The summed E-state index contributed by atoms with van der Waals surface area (Å²) in [4.78, 5) is 33.3. The summed E-state index contributed by atoms with van der Waals surface area (Å²) in [5.41, 5.74) is 6.36. The molecule has 2 heterocycles. The number of nitrogens with zero attached hydrogens (tertiary/aromatic N) is 3. The maximum atomic E-state index is 11.7. The Labute approximate surface area is 153 Å². The minimum absolute atomic E-state index is 0.374. The second-order valence-corrected chi connectivity index (χ2v) is 6.12. The highest BCUT2D eigenvalue weighted by molar-refractivity contribution is 8.03. The summed E-state index contributed by atoms with van der Waals surface area (Å²) < 4.78 is 0. The van der Waals surface area contributed by atoms with E-state index in [2.05, 4.69) is 20.2 Å². The first-order valence-corrected chi connectivity index (χ1v) is 9.67. The molecule has 138 valence electrons. The van der Waals surface area contributed by atoms with E-state index >= 15 is 0 Å². The quantitative estimate of drug-likeness (QED) is 0.584. The third kappa shape index (κ3) is 6.47. The second kappa shape index (κ2) is 11.6. The van der Waals surface area contributed by atoms with Crippen LogP contribution in [0.5, 0.6) is 0 Å². The molecule has 8 heteroatoms. The van der Waals surface area contributed by atoms with Gasteiger partial charge in [0.15, 0.2) is 0 Å². The van der Waals surface area contributed by atoms with Gasteiger partial charge in [-0.15, -0.1) is 11.8 Å². The number of amides is 2. The maximum Gasteiger partial charge on any atom is 0.264 e. The number of hydrogen-bond acceptors (Lipinski definition) is 7. The average Bonchev–Trinajstić information content (AvgIpc) is 2.68. The van der Waals surface area contributed by atoms with Gasteiger partial charge >= 0.3 is 0 Å². The zero-order chi connectivity index (χ0) is 18.7. The summed E-state index contributed by atoms with van der Waals surface area (Å²) in [6, 6.07) is 1.85.